The van der Waals surface area contributed by atoms with E-state index >= 15 is 0 Å². The average molecular weight is 166 g/mol. The van der Waals surface area contributed by atoms with Crippen molar-refractivity contribution < 1.29 is 0 Å². The largest absolute Gasteiger partial charge is 0.140 e. The molecule has 1 aliphatic heterocycles. The third kappa shape index (κ3) is 1.78. The van der Waals surface area contributed by atoms with Gasteiger partial charge in [-0.05, 0) is 6.26 Å². The molecule has 0 spiro atoms. The van der Waals surface area contributed by atoms with E-state index in [0.29, 0.717) is 0 Å². The van der Waals surface area contributed by atoms with Crippen LogP contribution in [0.5, 0.6) is 0 Å². The molecule has 0 radical (unpaired) electrons. The Morgan fingerprint density at radius 3 is 2.62 bits per heavy atom. The molecule has 0 aromatic rings. The highest BCUT2D eigenvalue weighted by Crippen LogP contribution is 2.42. The van der Waals surface area contributed by atoms with Crippen LogP contribution < -0.4 is 0 Å². The van der Waals surface area contributed by atoms with Gasteiger partial charge in [-0.15, -0.1) is 35.3 Å². The minimum Gasteiger partial charge on any atom is -0.140 e. The van der Waals surface area contributed by atoms with Crippen LogP contribution in [-0.4, -0.2) is 21.2 Å². The van der Waals surface area contributed by atoms with Gasteiger partial charge in [-0.25, -0.2) is 0 Å². The van der Waals surface area contributed by atoms with Crippen molar-refractivity contribution >= 4 is 35.3 Å². The van der Waals surface area contributed by atoms with Crippen molar-refractivity contribution in [3.8, 4) is 0 Å². The highest BCUT2D eigenvalue weighted by Gasteiger charge is 2.20. The first-order valence-corrected chi connectivity index (χ1v) is 5.90. The monoisotopic (exact) mass is 166 g/mol. The van der Waals surface area contributed by atoms with Gasteiger partial charge in [-0.2, -0.15) is 0 Å². The molecule has 0 N–H and O–H groups in total. The molecule has 1 heterocycles. The second-order valence-corrected chi connectivity index (χ2v) is 6.33. The van der Waals surface area contributed by atoms with Gasteiger partial charge in [0.1, 0.15) is 0 Å². The molecule has 2 atom stereocenters. The predicted octanol–water partition coefficient (Wildman–Crippen LogP) is 2.50. The number of rotatable bonds is 1. The maximum absolute atomic E-state index is 2.30. The Kier molecular flexibility index (Phi) is 2.93. The van der Waals surface area contributed by atoms with Gasteiger partial charge in [-0.1, -0.05) is 6.92 Å². The summed E-state index contributed by atoms with van der Waals surface area (Å²) in [7, 11) is 0. The maximum atomic E-state index is 2.30. The van der Waals surface area contributed by atoms with Crippen molar-refractivity contribution in [1.29, 1.82) is 0 Å². The molecule has 0 aromatic heterocycles. The summed E-state index contributed by atoms with van der Waals surface area (Å²) in [6, 6.07) is 0. The van der Waals surface area contributed by atoms with Crippen molar-refractivity contribution in [3.05, 3.63) is 0 Å². The zero-order chi connectivity index (χ0) is 5.98. The lowest BCUT2D eigenvalue weighted by atomic mass is 10.6. The Morgan fingerprint density at radius 2 is 2.38 bits per heavy atom. The number of hydrogen-bond acceptors (Lipinski definition) is 3. The second kappa shape index (κ2) is 3.28. The van der Waals surface area contributed by atoms with E-state index in [1.54, 1.807) is 0 Å². The Morgan fingerprint density at radius 1 is 1.62 bits per heavy atom. The highest BCUT2D eigenvalue weighted by atomic mass is 32.3. The lowest BCUT2D eigenvalue weighted by molar-refractivity contribution is 1.15. The maximum Gasteiger partial charge on any atom is 0.0956 e. The Bertz CT molecular complexity index is 74.1. The minimum atomic E-state index is 0.824. The van der Waals surface area contributed by atoms with E-state index in [2.05, 4.69) is 36.7 Å². The number of hydrogen-bond donors (Lipinski definition) is 0. The fraction of sp³-hybridized carbons (Fsp3) is 1.00. The lowest BCUT2D eigenvalue weighted by Gasteiger charge is -2.00. The van der Waals surface area contributed by atoms with E-state index in [9.17, 15) is 0 Å². The summed E-state index contributed by atoms with van der Waals surface area (Å²) in [5, 5.41) is 0.887. The topological polar surface area (TPSA) is 0 Å². The fourth-order valence-electron chi connectivity index (χ4n) is 0.606. The first-order chi connectivity index (χ1) is 3.83. The van der Waals surface area contributed by atoms with Gasteiger partial charge in [-0.3, -0.25) is 0 Å². The molecule has 2 unspecified atom stereocenters. The van der Waals surface area contributed by atoms with Crippen molar-refractivity contribution in [2.75, 3.05) is 12.0 Å². The minimum absolute atomic E-state index is 0.824. The van der Waals surface area contributed by atoms with Gasteiger partial charge < -0.3 is 0 Å². The molecule has 1 fully saturated rings. The van der Waals surface area contributed by atoms with Gasteiger partial charge >= 0.3 is 0 Å². The Balaban J connectivity index is 2.22. The SMILES string of the molecule is CSC1SCC(C)S1. The van der Waals surface area contributed by atoms with Gasteiger partial charge in [0.25, 0.3) is 0 Å². The average Bonchev–Trinajstić information content (AvgIpc) is 2.14. The van der Waals surface area contributed by atoms with E-state index in [1.807, 2.05) is 11.8 Å². The molecule has 0 aliphatic carbocycles. The van der Waals surface area contributed by atoms with E-state index < -0.39 is 0 Å². The fourth-order valence-corrected chi connectivity index (χ4v) is 4.88. The number of thioether (sulfide) groups is 3. The molecule has 0 bridgehead atoms. The van der Waals surface area contributed by atoms with E-state index in [1.165, 1.54) is 5.75 Å². The quantitative estimate of drug-likeness (QED) is 0.587. The van der Waals surface area contributed by atoms with Crippen molar-refractivity contribution in [2.24, 2.45) is 0 Å². The van der Waals surface area contributed by atoms with Crippen LogP contribution in [0.4, 0.5) is 0 Å². The van der Waals surface area contributed by atoms with E-state index in [4.69, 9.17) is 0 Å². The lowest BCUT2D eigenvalue weighted by Crippen LogP contribution is -1.89. The van der Waals surface area contributed by atoms with Crippen LogP contribution in [0.15, 0.2) is 0 Å². The summed E-state index contributed by atoms with van der Waals surface area (Å²) >= 11 is 6.13. The molecule has 0 aromatic carbocycles. The summed E-state index contributed by atoms with van der Waals surface area (Å²) in [5.74, 6) is 1.34. The molecule has 1 rings (SSSR count). The summed E-state index contributed by atoms with van der Waals surface area (Å²) in [6.45, 7) is 2.30. The molecule has 1 saturated heterocycles. The molecular formula is C5H10S3. The summed E-state index contributed by atoms with van der Waals surface area (Å²) in [6.07, 6.45) is 2.18. The van der Waals surface area contributed by atoms with Crippen LogP contribution in [0.1, 0.15) is 6.92 Å². The van der Waals surface area contributed by atoms with Gasteiger partial charge in [0.2, 0.25) is 0 Å². The van der Waals surface area contributed by atoms with Crippen LogP contribution in [0.3, 0.4) is 0 Å². The van der Waals surface area contributed by atoms with Crippen LogP contribution in [-0.2, 0) is 0 Å². The van der Waals surface area contributed by atoms with Crippen LogP contribution in [0.25, 0.3) is 0 Å². The molecular weight excluding hydrogens is 156 g/mol. The smallest absolute Gasteiger partial charge is 0.0956 e. The normalized spacial score (nSPS) is 38.2. The molecule has 0 nitrogen and oxygen atoms in total. The third-order valence-corrected chi connectivity index (χ3v) is 6.05. The van der Waals surface area contributed by atoms with Crippen LogP contribution in [0, 0.1) is 0 Å². The molecule has 0 amide bonds. The third-order valence-electron chi connectivity index (χ3n) is 1.00. The molecule has 8 heavy (non-hydrogen) atoms. The van der Waals surface area contributed by atoms with Crippen LogP contribution in [0.2, 0.25) is 0 Å². The standard InChI is InChI=1S/C5H10S3/c1-4-3-7-5(6-2)8-4/h4-5H,3H2,1-2H3. The van der Waals surface area contributed by atoms with Crippen molar-refractivity contribution in [2.45, 2.75) is 16.1 Å². The Labute approximate surface area is 63.6 Å². The van der Waals surface area contributed by atoms with Gasteiger partial charge in [0.05, 0.1) is 3.91 Å². The van der Waals surface area contributed by atoms with Gasteiger partial charge in [0, 0.05) is 11.0 Å². The van der Waals surface area contributed by atoms with Crippen molar-refractivity contribution in [3.63, 3.8) is 0 Å². The van der Waals surface area contributed by atoms with Gasteiger partial charge in [0.15, 0.2) is 0 Å². The zero-order valence-electron chi connectivity index (χ0n) is 5.09. The highest BCUT2D eigenvalue weighted by molar-refractivity contribution is 8.34. The summed E-state index contributed by atoms with van der Waals surface area (Å²) in [4.78, 5) is 0. The van der Waals surface area contributed by atoms with E-state index in [0.717, 1.165) is 9.16 Å². The first kappa shape index (κ1) is 7.16. The summed E-state index contributed by atoms with van der Waals surface area (Å²) in [5.41, 5.74) is 0. The molecule has 0 saturated carbocycles. The predicted molar refractivity (Wildman–Crippen MR) is 46.8 cm³/mol. The summed E-state index contributed by atoms with van der Waals surface area (Å²) < 4.78 is 0.824. The van der Waals surface area contributed by atoms with E-state index in [-0.39, 0.29) is 0 Å². The molecule has 1 aliphatic rings. The second-order valence-electron chi connectivity index (χ2n) is 1.80. The Hall–Kier alpha value is 1.05. The van der Waals surface area contributed by atoms with Crippen molar-refractivity contribution in [1.82, 2.24) is 0 Å². The molecule has 48 valence electrons. The zero-order valence-corrected chi connectivity index (χ0v) is 7.54. The molecule has 3 heteroatoms. The first-order valence-electron chi connectivity index (χ1n) is 2.63. The van der Waals surface area contributed by atoms with Crippen LogP contribution >= 0.6 is 35.3 Å².